The summed E-state index contributed by atoms with van der Waals surface area (Å²) in [5.74, 6) is -1.19. The van der Waals surface area contributed by atoms with Gasteiger partial charge in [-0.3, -0.25) is 14.9 Å². The largest absolute Gasteiger partial charge is 0.465 e. The van der Waals surface area contributed by atoms with Gasteiger partial charge >= 0.3 is 5.97 Å². The molecule has 0 aliphatic carbocycles. The molecule has 0 spiro atoms. The number of thiocarbonyl (C=S) groups is 1. The summed E-state index contributed by atoms with van der Waals surface area (Å²) < 4.78 is 4.63. The standard InChI is InChI=1S/C21H23N3O4S/c1-21(2,3)24-18(26)15-7-5-6-8-16(15)22-20(29)23-17(25)13-9-11-14(12-10-13)19(27)28-4/h5-12H,1-4H3,(H,24,26)(H2,22,23,25,29). The van der Waals surface area contributed by atoms with Gasteiger partial charge in [0.2, 0.25) is 0 Å². The summed E-state index contributed by atoms with van der Waals surface area (Å²) in [6.07, 6.45) is 0. The highest BCUT2D eigenvalue weighted by Gasteiger charge is 2.18. The molecule has 0 aliphatic heterocycles. The number of hydrogen-bond acceptors (Lipinski definition) is 5. The topological polar surface area (TPSA) is 96.5 Å². The van der Waals surface area contributed by atoms with Crippen LogP contribution in [0.5, 0.6) is 0 Å². The lowest BCUT2D eigenvalue weighted by Crippen LogP contribution is -2.41. The number of amides is 2. The third-order valence-electron chi connectivity index (χ3n) is 3.70. The molecule has 3 N–H and O–H groups in total. The first kappa shape index (κ1) is 22.0. The summed E-state index contributed by atoms with van der Waals surface area (Å²) in [6, 6.07) is 12.8. The van der Waals surface area contributed by atoms with Gasteiger partial charge in [0.25, 0.3) is 11.8 Å². The zero-order chi connectivity index (χ0) is 21.6. The van der Waals surface area contributed by atoms with Crippen molar-refractivity contribution >= 4 is 40.8 Å². The van der Waals surface area contributed by atoms with E-state index < -0.39 is 17.4 Å². The fourth-order valence-corrected chi connectivity index (χ4v) is 2.61. The Balaban J connectivity index is 2.07. The van der Waals surface area contributed by atoms with Crippen molar-refractivity contribution in [3.05, 3.63) is 65.2 Å². The molecule has 152 valence electrons. The van der Waals surface area contributed by atoms with Gasteiger partial charge in [0.1, 0.15) is 0 Å². The Morgan fingerprint density at radius 2 is 1.48 bits per heavy atom. The van der Waals surface area contributed by atoms with Crippen molar-refractivity contribution in [3.63, 3.8) is 0 Å². The van der Waals surface area contributed by atoms with Crippen LogP contribution in [0.4, 0.5) is 5.69 Å². The molecule has 0 heterocycles. The molecule has 0 radical (unpaired) electrons. The summed E-state index contributed by atoms with van der Waals surface area (Å²) in [4.78, 5) is 36.3. The SMILES string of the molecule is COC(=O)c1ccc(C(=O)NC(=S)Nc2ccccc2C(=O)NC(C)(C)C)cc1. The summed E-state index contributed by atoms with van der Waals surface area (Å²) in [5, 5.41) is 8.37. The van der Waals surface area contributed by atoms with Crippen LogP contribution in [0.15, 0.2) is 48.5 Å². The van der Waals surface area contributed by atoms with Crippen LogP contribution in [0.25, 0.3) is 0 Å². The number of methoxy groups -OCH3 is 1. The third-order valence-corrected chi connectivity index (χ3v) is 3.91. The van der Waals surface area contributed by atoms with Gasteiger partial charge in [-0.25, -0.2) is 4.79 Å². The summed E-state index contributed by atoms with van der Waals surface area (Å²) in [6.45, 7) is 5.66. The van der Waals surface area contributed by atoms with Crippen LogP contribution in [-0.4, -0.2) is 35.5 Å². The molecule has 8 heteroatoms. The number of para-hydroxylation sites is 1. The highest BCUT2D eigenvalue weighted by Crippen LogP contribution is 2.16. The monoisotopic (exact) mass is 413 g/mol. The van der Waals surface area contributed by atoms with Crippen LogP contribution in [-0.2, 0) is 4.74 Å². The molecule has 0 aromatic heterocycles. The minimum absolute atomic E-state index is 0.0445. The first-order valence-electron chi connectivity index (χ1n) is 8.83. The Morgan fingerprint density at radius 1 is 0.897 bits per heavy atom. The molecule has 2 aromatic rings. The van der Waals surface area contributed by atoms with Gasteiger partial charge < -0.3 is 15.4 Å². The first-order valence-corrected chi connectivity index (χ1v) is 9.24. The fraction of sp³-hybridized carbons (Fsp3) is 0.238. The molecule has 0 unspecified atom stereocenters. The average Bonchev–Trinajstić information content (AvgIpc) is 2.66. The molecule has 0 saturated heterocycles. The molecule has 0 aliphatic rings. The molecule has 2 amide bonds. The molecule has 7 nitrogen and oxygen atoms in total. The maximum atomic E-state index is 12.5. The van der Waals surface area contributed by atoms with E-state index in [4.69, 9.17) is 12.2 Å². The van der Waals surface area contributed by atoms with Gasteiger partial charge in [-0.1, -0.05) is 12.1 Å². The molecule has 0 fully saturated rings. The van der Waals surface area contributed by atoms with Gasteiger partial charge in [-0.15, -0.1) is 0 Å². The molecular weight excluding hydrogens is 390 g/mol. The Labute approximate surface area is 174 Å². The minimum Gasteiger partial charge on any atom is -0.465 e. The van der Waals surface area contributed by atoms with E-state index in [9.17, 15) is 14.4 Å². The second-order valence-corrected chi connectivity index (χ2v) is 7.64. The lowest BCUT2D eigenvalue weighted by atomic mass is 10.1. The number of benzene rings is 2. The summed E-state index contributed by atoms with van der Waals surface area (Å²) in [7, 11) is 1.28. The van der Waals surface area contributed by atoms with Gasteiger partial charge in [0.15, 0.2) is 5.11 Å². The molecule has 2 rings (SSSR count). The fourth-order valence-electron chi connectivity index (χ4n) is 2.40. The van der Waals surface area contributed by atoms with Crippen LogP contribution in [0.1, 0.15) is 51.8 Å². The van der Waals surface area contributed by atoms with Crippen LogP contribution < -0.4 is 16.0 Å². The van der Waals surface area contributed by atoms with E-state index in [2.05, 4.69) is 20.7 Å². The number of anilines is 1. The van der Waals surface area contributed by atoms with Crippen LogP contribution in [0.3, 0.4) is 0 Å². The van der Waals surface area contributed by atoms with Crippen molar-refractivity contribution in [3.8, 4) is 0 Å². The number of nitrogens with one attached hydrogen (secondary N) is 3. The Hall–Kier alpha value is -3.26. The van der Waals surface area contributed by atoms with E-state index in [1.165, 1.54) is 31.4 Å². The lowest BCUT2D eigenvalue weighted by Gasteiger charge is -2.21. The predicted molar refractivity (Wildman–Crippen MR) is 115 cm³/mol. The van der Waals surface area contributed by atoms with Crippen LogP contribution in [0, 0.1) is 0 Å². The van der Waals surface area contributed by atoms with Crippen molar-refractivity contribution in [1.82, 2.24) is 10.6 Å². The van der Waals surface area contributed by atoms with Crippen molar-refractivity contribution in [2.24, 2.45) is 0 Å². The zero-order valence-electron chi connectivity index (χ0n) is 16.7. The maximum Gasteiger partial charge on any atom is 0.337 e. The number of ether oxygens (including phenoxy) is 1. The molecule has 0 saturated carbocycles. The first-order chi connectivity index (χ1) is 13.6. The van der Waals surface area contributed by atoms with Crippen molar-refractivity contribution in [1.29, 1.82) is 0 Å². The lowest BCUT2D eigenvalue weighted by molar-refractivity contribution is 0.0600. The van der Waals surface area contributed by atoms with Gasteiger partial charge in [0.05, 0.1) is 23.9 Å². The zero-order valence-corrected chi connectivity index (χ0v) is 17.5. The number of hydrogen-bond donors (Lipinski definition) is 3. The van der Waals surface area contributed by atoms with E-state index >= 15 is 0 Å². The second kappa shape index (κ2) is 9.29. The molecule has 0 atom stereocenters. The van der Waals surface area contributed by atoms with Crippen molar-refractivity contribution < 1.29 is 19.1 Å². The van der Waals surface area contributed by atoms with Crippen LogP contribution >= 0.6 is 12.2 Å². The molecule has 0 bridgehead atoms. The number of carbonyl (C=O) groups excluding carboxylic acids is 3. The Bertz CT molecular complexity index is 934. The van der Waals surface area contributed by atoms with Crippen molar-refractivity contribution in [2.45, 2.75) is 26.3 Å². The van der Waals surface area contributed by atoms with Gasteiger partial charge in [0, 0.05) is 11.1 Å². The van der Waals surface area contributed by atoms with Gasteiger partial charge in [-0.05, 0) is 69.4 Å². The van der Waals surface area contributed by atoms with E-state index in [0.29, 0.717) is 22.4 Å². The number of esters is 1. The predicted octanol–water partition coefficient (Wildman–Crippen LogP) is 3.13. The Morgan fingerprint density at radius 3 is 2.07 bits per heavy atom. The molecular formula is C21H23N3O4S. The number of carbonyl (C=O) groups is 3. The quantitative estimate of drug-likeness (QED) is 0.526. The van der Waals surface area contributed by atoms with Gasteiger partial charge in [-0.2, -0.15) is 0 Å². The molecule has 2 aromatic carbocycles. The molecule has 29 heavy (non-hydrogen) atoms. The van der Waals surface area contributed by atoms with E-state index in [0.717, 1.165) is 0 Å². The highest BCUT2D eigenvalue weighted by molar-refractivity contribution is 7.80. The highest BCUT2D eigenvalue weighted by atomic mass is 32.1. The summed E-state index contributed by atoms with van der Waals surface area (Å²) >= 11 is 5.21. The smallest absolute Gasteiger partial charge is 0.337 e. The second-order valence-electron chi connectivity index (χ2n) is 7.23. The normalized spacial score (nSPS) is 10.6. The van der Waals surface area contributed by atoms with E-state index in [1.807, 2.05) is 20.8 Å². The minimum atomic E-state index is -0.487. The number of rotatable bonds is 4. The van der Waals surface area contributed by atoms with E-state index in [1.54, 1.807) is 24.3 Å². The summed E-state index contributed by atoms with van der Waals surface area (Å²) in [5.41, 5.74) is 1.14. The van der Waals surface area contributed by atoms with Crippen molar-refractivity contribution in [2.75, 3.05) is 12.4 Å². The third kappa shape index (κ3) is 6.39. The average molecular weight is 413 g/mol. The Kier molecular flexibility index (Phi) is 7.06. The maximum absolute atomic E-state index is 12.5. The van der Waals surface area contributed by atoms with E-state index in [-0.39, 0.29) is 11.0 Å². The van der Waals surface area contributed by atoms with Crippen LogP contribution in [0.2, 0.25) is 0 Å².